The average Bonchev–Trinajstić information content (AvgIpc) is 2.52. The number of hydrogen-bond donors (Lipinski definition) is 0. The molecule has 1 amide bonds. The number of ether oxygens (including phenoxy) is 1. The van der Waals surface area contributed by atoms with E-state index in [0.29, 0.717) is 32.8 Å². The van der Waals surface area contributed by atoms with E-state index in [2.05, 4.69) is 15.9 Å². The van der Waals surface area contributed by atoms with Crippen LogP contribution in [0, 0.1) is 0 Å². The summed E-state index contributed by atoms with van der Waals surface area (Å²) in [6.45, 7) is 3.74. The first kappa shape index (κ1) is 17.4. The van der Waals surface area contributed by atoms with Crippen LogP contribution in [0.15, 0.2) is 33.6 Å². The lowest BCUT2D eigenvalue weighted by Gasteiger charge is -2.34. The van der Waals surface area contributed by atoms with Crippen LogP contribution in [0.4, 0.5) is 0 Å². The maximum Gasteiger partial charge on any atom is 0.248 e. The van der Waals surface area contributed by atoms with Gasteiger partial charge in [0.05, 0.1) is 4.90 Å². The summed E-state index contributed by atoms with van der Waals surface area (Å²) in [5.41, 5.74) is 0. The van der Waals surface area contributed by atoms with Gasteiger partial charge in [-0.25, -0.2) is 8.42 Å². The zero-order valence-electron chi connectivity index (χ0n) is 12.4. The van der Waals surface area contributed by atoms with Crippen LogP contribution in [0.25, 0.3) is 0 Å². The van der Waals surface area contributed by atoms with Crippen LogP contribution in [0.1, 0.15) is 6.92 Å². The van der Waals surface area contributed by atoms with Crippen molar-refractivity contribution in [2.24, 2.45) is 0 Å². The third-order valence-corrected chi connectivity index (χ3v) is 5.84. The van der Waals surface area contributed by atoms with Crippen LogP contribution in [0.3, 0.4) is 0 Å². The molecule has 0 unspecified atom stereocenters. The first-order valence-corrected chi connectivity index (χ1v) is 9.29. The number of rotatable bonds is 5. The summed E-state index contributed by atoms with van der Waals surface area (Å²) in [5, 5.41) is 0. The Labute approximate surface area is 139 Å². The Morgan fingerprint density at radius 3 is 2.55 bits per heavy atom. The second-order valence-electron chi connectivity index (χ2n) is 4.88. The van der Waals surface area contributed by atoms with Gasteiger partial charge in [-0.2, -0.15) is 4.31 Å². The number of hydrogen-bond acceptors (Lipinski definition) is 4. The molecule has 0 bridgehead atoms. The van der Waals surface area contributed by atoms with Crippen molar-refractivity contribution in [3.8, 4) is 0 Å². The molecule has 8 heteroatoms. The molecule has 1 aliphatic rings. The van der Waals surface area contributed by atoms with Gasteiger partial charge in [0.25, 0.3) is 0 Å². The molecule has 0 aromatic heterocycles. The summed E-state index contributed by atoms with van der Waals surface area (Å²) >= 11 is 3.28. The molecule has 0 aliphatic carbocycles. The fourth-order valence-electron chi connectivity index (χ4n) is 2.24. The second-order valence-corrected chi connectivity index (χ2v) is 7.73. The van der Waals surface area contributed by atoms with Gasteiger partial charge in [-0.1, -0.05) is 22.0 Å². The van der Waals surface area contributed by atoms with Crippen LogP contribution in [-0.2, 0) is 19.6 Å². The van der Waals surface area contributed by atoms with Crippen molar-refractivity contribution in [2.75, 3.05) is 39.4 Å². The van der Waals surface area contributed by atoms with Crippen molar-refractivity contribution in [1.82, 2.24) is 9.21 Å². The Balaban J connectivity index is 2.00. The maximum absolute atomic E-state index is 12.6. The lowest BCUT2D eigenvalue weighted by Crippen LogP contribution is -2.51. The van der Waals surface area contributed by atoms with E-state index in [1.807, 2.05) is 6.92 Å². The minimum atomic E-state index is -3.52. The predicted octanol–water partition coefficient (Wildman–Crippen LogP) is 1.32. The van der Waals surface area contributed by atoms with Crippen molar-refractivity contribution in [1.29, 1.82) is 0 Å². The van der Waals surface area contributed by atoms with Gasteiger partial charge >= 0.3 is 0 Å². The van der Waals surface area contributed by atoms with Crippen LogP contribution >= 0.6 is 15.9 Å². The van der Waals surface area contributed by atoms with Crippen molar-refractivity contribution in [3.63, 3.8) is 0 Å². The highest BCUT2D eigenvalue weighted by molar-refractivity contribution is 9.10. The molecule has 22 heavy (non-hydrogen) atoms. The number of amides is 1. The first-order chi connectivity index (χ1) is 10.4. The Hall–Kier alpha value is -0.960. The van der Waals surface area contributed by atoms with Crippen LogP contribution in [-0.4, -0.2) is 62.9 Å². The topological polar surface area (TPSA) is 66.9 Å². The molecule has 1 heterocycles. The number of sulfonamides is 1. The lowest BCUT2D eigenvalue weighted by atomic mass is 10.3. The first-order valence-electron chi connectivity index (χ1n) is 7.06. The fourth-order valence-corrected chi connectivity index (χ4v) is 4.25. The number of halogens is 1. The van der Waals surface area contributed by atoms with Gasteiger partial charge in [-0.3, -0.25) is 4.79 Å². The van der Waals surface area contributed by atoms with Gasteiger partial charge in [-0.05, 0) is 25.1 Å². The number of piperazine rings is 1. The molecule has 1 aromatic rings. The van der Waals surface area contributed by atoms with Gasteiger partial charge < -0.3 is 9.64 Å². The second kappa shape index (κ2) is 7.54. The smallest absolute Gasteiger partial charge is 0.248 e. The molecule has 0 saturated carbocycles. The molecule has 0 N–H and O–H groups in total. The third kappa shape index (κ3) is 4.07. The minimum absolute atomic E-state index is 0.0505. The molecule has 122 valence electrons. The molecule has 2 rings (SSSR count). The van der Waals surface area contributed by atoms with Crippen LogP contribution < -0.4 is 0 Å². The number of benzene rings is 1. The molecule has 6 nitrogen and oxygen atoms in total. The number of nitrogens with zero attached hydrogens (tertiary/aromatic N) is 2. The summed E-state index contributed by atoms with van der Waals surface area (Å²) in [5.74, 6) is -0.0960. The molecule has 0 spiro atoms. The van der Waals surface area contributed by atoms with E-state index in [1.165, 1.54) is 4.31 Å². The predicted molar refractivity (Wildman–Crippen MR) is 86.0 cm³/mol. The molecule has 0 radical (unpaired) electrons. The van der Waals surface area contributed by atoms with Crippen molar-refractivity contribution >= 4 is 31.9 Å². The van der Waals surface area contributed by atoms with E-state index in [0.717, 1.165) is 4.47 Å². The van der Waals surface area contributed by atoms with Gasteiger partial charge in [0, 0.05) is 37.3 Å². The van der Waals surface area contributed by atoms with E-state index in [-0.39, 0.29) is 17.4 Å². The number of carbonyl (C=O) groups is 1. The molecule has 1 saturated heterocycles. The summed E-state index contributed by atoms with van der Waals surface area (Å²) in [4.78, 5) is 13.8. The standard InChI is InChI=1S/C14H19BrN2O4S/c1-2-21-11-14(18)16-6-8-17(9-7-16)22(19,20)13-5-3-4-12(15)10-13/h3-5,10H,2,6-9,11H2,1H3. The fraction of sp³-hybridized carbons (Fsp3) is 0.500. The van der Waals surface area contributed by atoms with E-state index in [1.54, 1.807) is 29.2 Å². The Morgan fingerprint density at radius 2 is 1.95 bits per heavy atom. The maximum atomic E-state index is 12.6. The minimum Gasteiger partial charge on any atom is -0.372 e. The highest BCUT2D eigenvalue weighted by atomic mass is 79.9. The van der Waals surface area contributed by atoms with Gasteiger partial charge in [0.1, 0.15) is 6.61 Å². The summed E-state index contributed by atoms with van der Waals surface area (Å²) in [7, 11) is -3.52. The summed E-state index contributed by atoms with van der Waals surface area (Å²) < 4.78 is 32.4. The lowest BCUT2D eigenvalue weighted by molar-refractivity contribution is -0.137. The monoisotopic (exact) mass is 390 g/mol. The van der Waals surface area contributed by atoms with E-state index >= 15 is 0 Å². The Bertz CT molecular complexity index is 627. The largest absolute Gasteiger partial charge is 0.372 e. The zero-order valence-corrected chi connectivity index (χ0v) is 14.8. The normalized spacial score (nSPS) is 16.7. The molecular weight excluding hydrogens is 372 g/mol. The summed E-state index contributed by atoms with van der Waals surface area (Å²) in [6, 6.07) is 6.64. The van der Waals surface area contributed by atoms with Gasteiger partial charge in [0.15, 0.2) is 0 Å². The molecule has 1 aliphatic heterocycles. The quantitative estimate of drug-likeness (QED) is 0.760. The van der Waals surface area contributed by atoms with Crippen LogP contribution in [0.5, 0.6) is 0 Å². The molecule has 0 atom stereocenters. The third-order valence-electron chi connectivity index (χ3n) is 3.45. The van der Waals surface area contributed by atoms with Crippen LogP contribution in [0.2, 0.25) is 0 Å². The zero-order chi connectivity index (χ0) is 16.2. The van der Waals surface area contributed by atoms with E-state index in [4.69, 9.17) is 4.74 Å². The Kier molecular flexibility index (Phi) is 5.96. The summed E-state index contributed by atoms with van der Waals surface area (Å²) in [6.07, 6.45) is 0. The number of carbonyl (C=O) groups excluding carboxylic acids is 1. The van der Waals surface area contributed by atoms with Gasteiger partial charge in [0.2, 0.25) is 15.9 Å². The van der Waals surface area contributed by atoms with Gasteiger partial charge in [-0.15, -0.1) is 0 Å². The molecule has 1 aromatic carbocycles. The molecule has 1 fully saturated rings. The highest BCUT2D eigenvalue weighted by Gasteiger charge is 2.30. The molecular formula is C14H19BrN2O4S. The highest BCUT2D eigenvalue weighted by Crippen LogP contribution is 2.21. The van der Waals surface area contributed by atoms with Crippen molar-refractivity contribution in [2.45, 2.75) is 11.8 Å². The van der Waals surface area contributed by atoms with Crippen molar-refractivity contribution in [3.05, 3.63) is 28.7 Å². The van der Waals surface area contributed by atoms with E-state index in [9.17, 15) is 13.2 Å². The van der Waals surface area contributed by atoms with Crippen molar-refractivity contribution < 1.29 is 17.9 Å². The Morgan fingerprint density at radius 1 is 1.27 bits per heavy atom. The SMILES string of the molecule is CCOCC(=O)N1CCN(S(=O)(=O)c2cccc(Br)c2)CC1. The van der Waals surface area contributed by atoms with E-state index < -0.39 is 10.0 Å². The average molecular weight is 391 g/mol.